The summed E-state index contributed by atoms with van der Waals surface area (Å²) >= 11 is 0. The number of fused-ring (bicyclic) bond motifs is 1. The van der Waals surface area contributed by atoms with E-state index in [9.17, 15) is 17.9 Å². The van der Waals surface area contributed by atoms with Crippen LogP contribution in [0.5, 0.6) is 0 Å². The summed E-state index contributed by atoms with van der Waals surface area (Å²) in [6.45, 7) is 6.25. The van der Waals surface area contributed by atoms with Crippen LogP contribution in [-0.4, -0.2) is 46.6 Å². The molecule has 2 aromatic heterocycles. The molecule has 1 aliphatic rings. The van der Waals surface area contributed by atoms with Gasteiger partial charge in [-0.1, -0.05) is 61.0 Å². The maximum Gasteiger partial charge on any atom is 0.269 e. The number of aliphatic hydroxyl groups is 1. The summed E-state index contributed by atoms with van der Waals surface area (Å²) in [7, 11) is -3.99. The zero-order chi connectivity index (χ0) is 29.4. The summed E-state index contributed by atoms with van der Waals surface area (Å²) in [6.07, 6.45) is 3.70. The predicted octanol–water partition coefficient (Wildman–Crippen LogP) is 6.57. The van der Waals surface area contributed by atoms with Crippen molar-refractivity contribution in [2.24, 2.45) is 0 Å². The second-order valence-electron chi connectivity index (χ2n) is 11.1. The number of aryl methyl sites for hydroxylation is 1. The lowest BCUT2D eigenvalue weighted by Crippen LogP contribution is -2.37. The third kappa shape index (κ3) is 5.38. The number of rotatable bonds is 7. The SMILES string of the molecule is CCc1c(-c2cccc(F)c2)c2cc(-c3ccc(CN4CCCC(O)C4)cc3)cnc2n1S(=O)(=O)c1ccc(C)cc1. The van der Waals surface area contributed by atoms with Gasteiger partial charge in [-0.05, 0) is 79.8 Å². The molecule has 1 fully saturated rings. The first-order valence-corrected chi connectivity index (χ1v) is 15.8. The highest BCUT2D eigenvalue weighted by molar-refractivity contribution is 7.90. The molecule has 0 aliphatic carbocycles. The Morgan fingerprint density at radius 3 is 2.43 bits per heavy atom. The second-order valence-corrected chi connectivity index (χ2v) is 12.9. The van der Waals surface area contributed by atoms with Crippen molar-refractivity contribution in [1.29, 1.82) is 0 Å². The number of nitrogens with zero attached hydrogens (tertiary/aromatic N) is 3. The number of pyridine rings is 1. The van der Waals surface area contributed by atoms with Crippen LogP contribution in [0.2, 0.25) is 0 Å². The fourth-order valence-electron chi connectivity index (χ4n) is 5.94. The van der Waals surface area contributed by atoms with Crippen molar-refractivity contribution in [3.8, 4) is 22.3 Å². The highest BCUT2D eigenvalue weighted by atomic mass is 32.2. The molecule has 0 saturated carbocycles. The van der Waals surface area contributed by atoms with Crippen LogP contribution < -0.4 is 0 Å². The Hall–Kier alpha value is -3.85. The normalized spacial score (nSPS) is 16.2. The lowest BCUT2D eigenvalue weighted by atomic mass is 9.99. The number of β-amino-alcohol motifs (C(OH)–C–C–N with tert-alkyl or cyclic N) is 1. The lowest BCUT2D eigenvalue weighted by molar-refractivity contribution is 0.0668. The summed E-state index contributed by atoms with van der Waals surface area (Å²) in [5, 5.41) is 10.7. The summed E-state index contributed by atoms with van der Waals surface area (Å²) in [5.41, 5.74) is 6.05. The van der Waals surface area contributed by atoms with Crippen molar-refractivity contribution in [2.75, 3.05) is 13.1 Å². The van der Waals surface area contributed by atoms with Gasteiger partial charge in [-0.15, -0.1) is 0 Å². The highest BCUT2D eigenvalue weighted by Crippen LogP contribution is 2.39. The van der Waals surface area contributed by atoms with Crippen LogP contribution in [0.25, 0.3) is 33.3 Å². The highest BCUT2D eigenvalue weighted by Gasteiger charge is 2.28. The lowest BCUT2D eigenvalue weighted by Gasteiger charge is -2.29. The maximum atomic E-state index is 14.4. The average Bonchev–Trinajstić information content (AvgIpc) is 3.32. The minimum absolute atomic E-state index is 0.174. The predicted molar refractivity (Wildman–Crippen MR) is 164 cm³/mol. The van der Waals surface area contributed by atoms with Gasteiger partial charge in [0, 0.05) is 41.5 Å². The third-order valence-electron chi connectivity index (χ3n) is 8.04. The number of halogens is 1. The molecule has 5 aromatic rings. The van der Waals surface area contributed by atoms with Crippen molar-refractivity contribution < 1.29 is 17.9 Å². The number of aliphatic hydroxyl groups excluding tert-OH is 1. The van der Waals surface area contributed by atoms with Gasteiger partial charge in [0.05, 0.1) is 11.0 Å². The third-order valence-corrected chi connectivity index (χ3v) is 9.79. The number of hydrogen-bond donors (Lipinski definition) is 1. The van der Waals surface area contributed by atoms with Gasteiger partial charge < -0.3 is 5.11 Å². The minimum Gasteiger partial charge on any atom is -0.392 e. The Morgan fingerprint density at radius 1 is 0.976 bits per heavy atom. The number of aromatic nitrogens is 2. The van der Waals surface area contributed by atoms with E-state index < -0.39 is 15.8 Å². The molecule has 8 heteroatoms. The Bertz CT molecular complexity index is 1850. The average molecular weight is 584 g/mol. The molecule has 1 aliphatic heterocycles. The largest absolute Gasteiger partial charge is 0.392 e. The van der Waals surface area contributed by atoms with Gasteiger partial charge in [-0.2, -0.15) is 0 Å². The molecular weight excluding hydrogens is 549 g/mol. The Kier molecular flexibility index (Phi) is 7.70. The van der Waals surface area contributed by atoms with Crippen LogP contribution in [0, 0.1) is 12.7 Å². The van der Waals surface area contributed by atoms with Crippen LogP contribution in [0.1, 0.15) is 36.6 Å². The molecule has 0 spiro atoms. The molecule has 0 radical (unpaired) electrons. The summed E-state index contributed by atoms with van der Waals surface area (Å²) in [6, 6.07) is 23.2. The van der Waals surface area contributed by atoms with E-state index in [-0.39, 0.29) is 11.0 Å². The summed E-state index contributed by atoms with van der Waals surface area (Å²) in [5.74, 6) is -0.391. The van der Waals surface area contributed by atoms with Crippen molar-refractivity contribution in [3.63, 3.8) is 0 Å². The molecule has 6 nitrogen and oxygen atoms in total. The van der Waals surface area contributed by atoms with E-state index in [1.165, 1.54) is 16.1 Å². The standard InChI is InChI=1S/C34H34FN3O3S/c1-3-32-33(26-6-4-7-28(35)18-26)31-19-27(25-13-11-24(12-14-25)21-37-17-5-8-29(39)22-37)20-36-34(31)38(32)42(40,41)30-15-9-23(2)10-16-30/h4,6-7,9-16,18-20,29,39H,3,5,8,17,21-22H2,1-2H3. The quantitative estimate of drug-likeness (QED) is 0.235. The molecule has 1 atom stereocenters. The van der Waals surface area contributed by atoms with Gasteiger partial charge in [-0.25, -0.2) is 21.8 Å². The molecule has 42 heavy (non-hydrogen) atoms. The first-order chi connectivity index (χ1) is 20.2. The van der Waals surface area contributed by atoms with Gasteiger partial charge >= 0.3 is 0 Å². The zero-order valence-electron chi connectivity index (χ0n) is 23.8. The number of likely N-dealkylation sites (tertiary alicyclic amines) is 1. The molecule has 3 aromatic carbocycles. The molecule has 216 valence electrons. The van der Waals surface area contributed by atoms with E-state index in [4.69, 9.17) is 4.98 Å². The molecule has 0 amide bonds. The first-order valence-electron chi connectivity index (χ1n) is 14.4. The number of piperidine rings is 1. The summed E-state index contributed by atoms with van der Waals surface area (Å²) < 4.78 is 43.9. The zero-order valence-corrected chi connectivity index (χ0v) is 24.6. The van der Waals surface area contributed by atoms with E-state index >= 15 is 0 Å². The molecule has 3 heterocycles. The Labute approximate surface area is 246 Å². The summed E-state index contributed by atoms with van der Waals surface area (Å²) in [4.78, 5) is 7.17. The van der Waals surface area contributed by atoms with Crippen molar-refractivity contribution in [3.05, 3.63) is 108 Å². The van der Waals surface area contributed by atoms with Gasteiger partial charge in [0.15, 0.2) is 5.65 Å². The maximum absolute atomic E-state index is 14.4. The van der Waals surface area contributed by atoms with E-state index in [0.29, 0.717) is 40.8 Å². The van der Waals surface area contributed by atoms with Crippen molar-refractivity contribution in [2.45, 2.75) is 50.7 Å². The fraction of sp³-hybridized carbons (Fsp3) is 0.265. The minimum atomic E-state index is -3.99. The second kappa shape index (κ2) is 11.4. The van der Waals surface area contributed by atoms with Crippen LogP contribution in [0.15, 0.2) is 90.0 Å². The van der Waals surface area contributed by atoms with E-state index in [1.54, 1.807) is 42.6 Å². The first kappa shape index (κ1) is 28.3. The van der Waals surface area contributed by atoms with Gasteiger partial charge in [0.1, 0.15) is 5.82 Å². The molecular formula is C34H34FN3O3S. The van der Waals surface area contributed by atoms with Crippen molar-refractivity contribution >= 4 is 21.1 Å². The number of hydrogen-bond acceptors (Lipinski definition) is 5. The van der Waals surface area contributed by atoms with E-state index in [2.05, 4.69) is 17.0 Å². The fourth-order valence-corrected chi connectivity index (χ4v) is 7.52. The van der Waals surface area contributed by atoms with E-state index in [0.717, 1.165) is 48.2 Å². The Morgan fingerprint density at radius 2 is 1.74 bits per heavy atom. The number of benzene rings is 3. The van der Waals surface area contributed by atoms with Gasteiger partial charge in [0.2, 0.25) is 0 Å². The molecule has 6 rings (SSSR count). The monoisotopic (exact) mass is 583 g/mol. The molecule has 0 bridgehead atoms. The van der Waals surface area contributed by atoms with Crippen LogP contribution in [0.4, 0.5) is 4.39 Å². The van der Waals surface area contributed by atoms with Gasteiger partial charge in [0.25, 0.3) is 10.0 Å². The van der Waals surface area contributed by atoms with Crippen LogP contribution >= 0.6 is 0 Å². The van der Waals surface area contributed by atoms with Crippen molar-refractivity contribution in [1.82, 2.24) is 13.9 Å². The van der Waals surface area contributed by atoms with Gasteiger partial charge in [-0.3, -0.25) is 4.90 Å². The smallest absolute Gasteiger partial charge is 0.269 e. The van der Waals surface area contributed by atoms with Crippen LogP contribution in [0.3, 0.4) is 0 Å². The molecule has 1 saturated heterocycles. The topological polar surface area (TPSA) is 75.4 Å². The van der Waals surface area contributed by atoms with E-state index in [1.807, 2.05) is 32.0 Å². The molecule has 1 unspecified atom stereocenters. The molecule has 1 N–H and O–H groups in total. The Balaban J connectivity index is 1.47. The van der Waals surface area contributed by atoms with Crippen LogP contribution in [-0.2, 0) is 23.0 Å².